The van der Waals surface area contributed by atoms with Crippen molar-refractivity contribution in [2.75, 3.05) is 19.6 Å². The summed E-state index contributed by atoms with van der Waals surface area (Å²) in [5, 5.41) is 0.754. The smallest absolute Gasteiger partial charge is 0.262 e. The van der Waals surface area contributed by atoms with E-state index in [4.69, 9.17) is 10.7 Å². The van der Waals surface area contributed by atoms with Crippen LogP contribution in [0.5, 0.6) is 0 Å². The maximum Gasteiger partial charge on any atom is 0.262 e. The van der Waals surface area contributed by atoms with Crippen LogP contribution in [0.25, 0.3) is 10.2 Å². The number of piperidine rings is 1. The fraction of sp³-hybridized carbons (Fsp3) is 0.409. The Balaban J connectivity index is 1.75. The van der Waals surface area contributed by atoms with Gasteiger partial charge in [0.05, 0.1) is 11.9 Å². The summed E-state index contributed by atoms with van der Waals surface area (Å²) in [5.74, 6) is 0.515. The molecule has 2 aromatic heterocycles. The van der Waals surface area contributed by atoms with Crippen LogP contribution in [0.1, 0.15) is 40.7 Å². The number of aromatic nitrogens is 2. The maximum absolute atomic E-state index is 13.6. The van der Waals surface area contributed by atoms with E-state index in [1.54, 1.807) is 11.3 Å². The zero-order valence-electron chi connectivity index (χ0n) is 16.9. The Kier molecular flexibility index (Phi) is 5.52. The Labute approximate surface area is 174 Å². The third kappa shape index (κ3) is 3.97. The summed E-state index contributed by atoms with van der Waals surface area (Å²) in [5.41, 5.74) is 7.58. The van der Waals surface area contributed by atoms with Crippen molar-refractivity contribution in [1.29, 1.82) is 0 Å². The second kappa shape index (κ2) is 8.08. The fourth-order valence-corrected chi connectivity index (χ4v) is 5.22. The van der Waals surface area contributed by atoms with E-state index in [1.807, 2.05) is 36.6 Å². The summed E-state index contributed by atoms with van der Waals surface area (Å²) in [6.45, 7) is 5.84. The van der Waals surface area contributed by atoms with E-state index in [-0.39, 0.29) is 24.1 Å². The normalized spacial score (nSPS) is 15.8. The van der Waals surface area contributed by atoms with Crippen LogP contribution < -0.4 is 11.3 Å². The molecule has 1 fully saturated rings. The van der Waals surface area contributed by atoms with Gasteiger partial charge in [0.25, 0.3) is 5.56 Å². The number of amides is 1. The molecule has 0 unspecified atom stereocenters. The molecule has 1 aliphatic heterocycles. The third-order valence-electron chi connectivity index (χ3n) is 5.81. The number of carbonyl (C=O) groups excluding carboxylic acids is 1. The minimum atomic E-state index is -0.308. The number of hydrogen-bond donors (Lipinski definition) is 1. The van der Waals surface area contributed by atoms with Crippen LogP contribution in [0.4, 0.5) is 0 Å². The Hall–Kier alpha value is -2.51. The molecule has 1 aliphatic rings. The van der Waals surface area contributed by atoms with Crippen LogP contribution >= 0.6 is 11.3 Å². The molecule has 152 valence electrons. The maximum atomic E-state index is 13.6. The van der Waals surface area contributed by atoms with Crippen molar-refractivity contribution in [3.8, 4) is 0 Å². The number of benzene rings is 1. The van der Waals surface area contributed by atoms with Gasteiger partial charge in [0, 0.05) is 30.4 Å². The van der Waals surface area contributed by atoms with Gasteiger partial charge in [-0.25, -0.2) is 4.98 Å². The van der Waals surface area contributed by atoms with E-state index in [1.165, 1.54) is 0 Å². The first-order valence-corrected chi connectivity index (χ1v) is 10.8. The highest BCUT2D eigenvalue weighted by atomic mass is 32.1. The van der Waals surface area contributed by atoms with Crippen molar-refractivity contribution in [1.82, 2.24) is 14.5 Å². The lowest BCUT2D eigenvalue weighted by Crippen LogP contribution is -2.42. The Morgan fingerprint density at radius 3 is 2.55 bits per heavy atom. The minimum absolute atomic E-state index is 0.0659. The van der Waals surface area contributed by atoms with Gasteiger partial charge in [0.15, 0.2) is 0 Å². The van der Waals surface area contributed by atoms with Gasteiger partial charge >= 0.3 is 0 Å². The van der Waals surface area contributed by atoms with Gasteiger partial charge < -0.3 is 5.73 Å². The molecule has 0 aliphatic carbocycles. The molecular formula is C22H26N4O2S. The highest BCUT2D eigenvalue weighted by Gasteiger charge is 2.26. The molecule has 0 saturated carbocycles. The van der Waals surface area contributed by atoms with Gasteiger partial charge in [-0.15, -0.1) is 11.3 Å². The molecule has 1 amide bonds. The summed E-state index contributed by atoms with van der Waals surface area (Å²) in [6, 6.07) is 10.2. The van der Waals surface area contributed by atoms with Crippen molar-refractivity contribution < 1.29 is 4.79 Å². The monoisotopic (exact) mass is 410 g/mol. The molecule has 4 rings (SSSR count). The van der Waals surface area contributed by atoms with E-state index >= 15 is 0 Å². The summed E-state index contributed by atoms with van der Waals surface area (Å²) >= 11 is 1.60. The minimum Gasteiger partial charge on any atom is -0.369 e. The topological polar surface area (TPSA) is 81.2 Å². The highest BCUT2D eigenvalue weighted by Crippen LogP contribution is 2.29. The third-order valence-corrected chi connectivity index (χ3v) is 6.92. The molecule has 2 N–H and O–H groups in total. The number of fused-ring (bicyclic) bond motifs is 1. The van der Waals surface area contributed by atoms with Crippen LogP contribution in [0.3, 0.4) is 0 Å². The number of nitrogens with two attached hydrogens (primary N) is 1. The molecular weight excluding hydrogens is 384 g/mol. The lowest BCUT2D eigenvalue weighted by atomic mass is 10.0. The molecule has 7 heteroatoms. The second-order valence-corrected chi connectivity index (χ2v) is 9.01. The van der Waals surface area contributed by atoms with Crippen molar-refractivity contribution >= 4 is 27.5 Å². The molecule has 0 bridgehead atoms. The molecule has 0 radical (unpaired) electrons. The van der Waals surface area contributed by atoms with Gasteiger partial charge in [0.1, 0.15) is 10.7 Å². The van der Waals surface area contributed by atoms with Crippen molar-refractivity contribution in [2.45, 2.75) is 39.2 Å². The summed E-state index contributed by atoms with van der Waals surface area (Å²) in [6.07, 6.45) is 2.25. The zero-order valence-corrected chi connectivity index (χ0v) is 17.7. The standard InChI is InChI=1S/C22H26N4O2S/c1-14-15(2)29-21-20(14)22(28)26(17-8-10-25(11-9-17)13-18(23)27)19(24-21)12-16-6-4-3-5-7-16/h3-7,17H,8-13H2,1-2H3,(H2,23,27). The first-order valence-electron chi connectivity index (χ1n) is 9.99. The molecule has 1 aromatic carbocycles. The number of likely N-dealkylation sites (tertiary alicyclic amines) is 1. The molecule has 3 heterocycles. The number of carbonyl (C=O) groups is 1. The average molecular weight is 411 g/mol. The predicted molar refractivity (Wildman–Crippen MR) is 117 cm³/mol. The van der Waals surface area contributed by atoms with Gasteiger partial charge in [0.2, 0.25) is 5.91 Å². The van der Waals surface area contributed by atoms with Crippen LogP contribution in [-0.4, -0.2) is 40.0 Å². The number of thiophene rings is 1. The Morgan fingerprint density at radius 2 is 1.90 bits per heavy atom. The molecule has 1 saturated heterocycles. The van der Waals surface area contributed by atoms with Gasteiger partial charge in [-0.3, -0.25) is 19.1 Å². The second-order valence-electron chi connectivity index (χ2n) is 7.80. The SMILES string of the molecule is Cc1sc2nc(Cc3ccccc3)n(C3CCN(CC(N)=O)CC3)c(=O)c2c1C. The van der Waals surface area contributed by atoms with Crippen molar-refractivity contribution in [3.05, 3.63) is 62.5 Å². The lowest BCUT2D eigenvalue weighted by Gasteiger charge is -2.33. The van der Waals surface area contributed by atoms with Gasteiger partial charge in [-0.1, -0.05) is 30.3 Å². The van der Waals surface area contributed by atoms with Crippen LogP contribution in [0.15, 0.2) is 35.1 Å². The number of nitrogens with zero attached hydrogens (tertiary/aromatic N) is 3. The largest absolute Gasteiger partial charge is 0.369 e. The van der Waals surface area contributed by atoms with Gasteiger partial charge in [-0.2, -0.15) is 0 Å². The number of aryl methyl sites for hydroxylation is 2. The lowest BCUT2D eigenvalue weighted by molar-refractivity contribution is -0.119. The van der Waals surface area contributed by atoms with Crippen LogP contribution in [0, 0.1) is 13.8 Å². The van der Waals surface area contributed by atoms with E-state index in [2.05, 4.69) is 17.0 Å². The van der Waals surface area contributed by atoms with E-state index in [0.717, 1.165) is 58.0 Å². The number of hydrogen-bond acceptors (Lipinski definition) is 5. The van der Waals surface area contributed by atoms with Gasteiger partial charge in [-0.05, 0) is 37.8 Å². The van der Waals surface area contributed by atoms with Crippen LogP contribution in [0.2, 0.25) is 0 Å². The highest BCUT2D eigenvalue weighted by molar-refractivity contribution is 7.18. The average Bonchev–Trinajstić information content (AvgIpc) is 2.97. The van der Waals surface area contributed by atoms with E-state index < -0.39 is 0 Å². The first-order chi connectivity index (χ1) is 13.9. The molecule has 0 spiro atoms. The van der Waals surface area contributed by atoms with E-state index in [0.29, 0.717) is 6.42 Å². The number of primary amides is 1. The molecule has 3 aromatic rings. The molecule has 29 heavy (non-hydrogen) atoms. The summed E-state index contributed by atoms with van der Waals surface area (Å²) in [7, 11) is 0. The quantitative estimate of drug-likeness (QED) is 0.701. The molecule has 0 atom stereocenters. The summed E-state index contributed by atoms with van der Waals surface area (Å²) < 4.78 is 1.93. The first kappa shape index (κ1) is 19.8. The summed E-state index contributed by atoms with van der Waals surface area (Å²) in [4.78, 5) is 33.8. The van der Waals surface area contributed by atoms with Crippen LogP contribution in [-0.2, 0) is 11.2 Å². The fourth-order valence-electron chi connectivity index (χ4n) is 4.18. The zero-order chi connectivity index (χ0) is 20.5. The molecule has 6 nitrogen and oxygen atoms in total. The number of rotatable bonds is 5. The van der Waals surface area contributed by atoms with Crippen molar-refractivity contribution in [3.63, 3.8) is 0 Å². The Morgan fingerprint density at radius 1 is 1.21 bits per heavy atom. The Bertz CT molecular complexity index is 1100. The predicted octanol–water partition coefficient (Wildman–Crippen LogP) is 2.79. The van der Waals surface area contributed by atoms with Crippen molar-refractivity contribution in [2.24, 2.45) is 5.73 Å². The van der Waals surface area contributed by atoms with E-state index in [9.17, 15) is 9.59 Å².